The average Bonchev–Trinajstić information content (AvgIpc) is 2.55. The highest BCUT2D eigenvalue weighted by molar-refractivity contribution is 7.98. The van der Waals surface area contributed by atoms with Gasteiger partial charge in [0.2, 0.25) is 15.9 Å². The predicted molar refractivity (Wildman–Crippen MR) is 105 cm³/mol. The maximum atomic E-state index is 12.2. The Morgan fingerprint density at radius 3 is 2.84 bits per heavy atom. The maximum absolute atomic E-state index is 12.2. The largest absolute Gasteiger partial charge is 0.355 e. The number of sulfonamides is 1. The van der Waals surface area contributed by atoms with Gasteiger partial charge in [0, 0.05) is 41.2 Å². The molecule has 0 saturated carbocycles. The number of hydrogen-bond donors (Lipinski definition) is 1. The molecule has 0 aromatic heterocycles. The molecule has 0 bridgehead atoms. The summed E-state index contributed by atoms with van der Waals surface area (Å²) in [5, 5.41) is 4.16. The first kappa shape index (κ1) is 20.8. The van der Waals surface area contributed by atoms with Crippen molar-refractivity contribution in [2.24, 2.45) is 5.92 Å². The summed E-state index contributed by atoms with van der Waals surface area (Å²) in [6.07, 6.45) is 2.63. The number of hydrogen-bond acceptors (Lipinski definition) is 4. The molecule has 2 rings (SSSR count). The zero-order valence-corrected chi connectivity index (χ0v) is 17.1. The van der Waals surface area contributed by atoms with E-state index in [1.165, 1.54) is 10.6 Å². The number of nitrogens with one attached hydrogen (secondary N) is 1. The van der Waals surface area contributed by atoms with Crippen molar-refractivity contribution in [3.05, 3.63) is 33.8 Å². The van der Waals surface area contributed by atoms with Crippen molar-refractivity contribution in [3.8, 4) is 0 Å². The van der Waals surface area contributed by atoms with Crippen LogP contribution < -0.4 is 5.32 Å². The van der Waals surface area contributed by atoms with Crippen molar-refractivity contribution >= 4 is 50.9 Å². The minimum absolute atomic E-state index is 0.0709. The third-order valence-corrected chi connectivity index (χ3v) is 6.91. The Kier molecular flexibility index (Phi) is 7.89. The van der Waals surface area contributed by atoms with Crippen LogP contribution in [0.4, 0.5) is 0 Å². The van der Waals surface area contributed by atoms with Gasteiger partial charge >= 0.3 is 0 Å². The first-order chi connectivity index (χ1) is 11.8. The third kappa shape index (κ3) is 6.64. The van der Waals surface area contributed by atoms with Crippen LogP contribution in [0.5, 0.6) is 0 Å². The Balaban J connectivity index is 1.70. The number of carbonyl (C=O) groups is 1. The molecule has 1 aromatic carbocycles. The van der Waals surface area contributed by atoms with E-state index in [9.17, 15) is 13.2 Å². The fourth-order valence-corrected chi connectivity index (χ4v) is 5.00. The summed E-state index contributed by atoms with van der Waals surface area (Å²) in [5.41, 5.74) is 1.01. The summed E-state index contributed by atoms with van der Waals surface area (Å²) in [6.45, 7) is 1.32. The third-order valence-electron chi connectivity index (χ3n) is 4.04. The van der Waals surface area contributed by atoms with Gasteiger partial charge in [-0.25, -0.2) is 12.7 Å². The summed E-state index contributed by atoms with van der Waals surface area (Å²) in [5.74, 6) is 1.17. The molecule has 1 fully saturated rings. The van der Waals surface area contributed by atoms with E-state index in [1.54, 1.807) is 17.8 Å². The molecule has 1 aliphatic rings. The van der Waals surface area contributed by atoms with E-state index in [-0.39, 0.29) is 18.4 Å². The first-order valence-electron chi connectivity index (χ1n) is 8.02. The van der Waals surface area contributed by atoms with Crippen LogP contribution in [-0.4, -0.2) is 50.3 Å². The van der Waals surface area contributed by atoms with Gasteiger partial charge in [0.1, 0.15) is 0 Å². The van der Waals surface area contributed by atoms with E-state index in [0.717, 1.165) is 29.9 Å². The van der Waals surface area contributed by atoms with Gasteiger partial charge in [0.25, 0.3) is 0 Å². The van der Waals surface area contributed by atoms with Crippen LogP contribution in [-0.2, 0) is 20.6 Å². The van der Waals surface area contributed by atoms with Gasteiger partial charge in [-0.15, -0.1) is 0 Å². The van der Waals surface area contributed by atoms with Crippen LogP contribution in [0, 0.1) is 5.92 Å². The Morgan fingerprint density at radius 2 is 2.16 bits per heavy atom. The fraction of sp³-hybridized carbons (Fsp3) is 0.562. The molecule has 1 heterocycles. The van der Waals surface area contributed by atoms with Crippen LogP contribution in [0.15, 0.2) is 18.2 Å². The van der Waals surface area contributed by atoms with Crippen LogP contribution in [0.2, 0.25) is 10.0 Å². The topological polar surface area (TPSA) is 66.5 Å². The van der Waals surface area contributed by atoms with Crippen molar-refractivity contribution in [2.75, 3.05) is 31.6 Å². The van der Waals surface area contributed by atoms with E-state index in [2.05, 4.69) is 5.32 Å². The second-order valence-corrected chi connectivity index (χ2v) is 9.97. The lowest BCUT2D eigenvalue weighted by Crippen LogP contribution is -2.45. The van der Waals surface area contributed by atoms with Crippen LogP contribution in [0.25, 0.3) is 0 Å². The van der Waals surface area contributed by atoms with Gasteiger partial charge < -0.3 is 5.32 Å². The Bertz CT molecular complexity index is 713. The molecule has 25 heavy (non-hydrogen) atoms. The number of nitrogens with zero attached hydrogens (tertiary/aromatic N) is 1. The van der Waals surface area contributed by atoms with Gasteiger partial charge in [-0.3, -0.25) is 4.79 Å². The summed E-state index contributed by atoms with van der Waals surface area (Å²) >= 11 is 13.7. The van der Waals surface area contributed by atoms with Gasteiger partial charge in [0.05, 0.1) is 12.2 Å². The van der Waals surface area contributed by atoms with Crippen molar-refractivity contribution in [1.82, 2.24) is 9.62 Å². The Labute approximate surface area is 163 Å². The van der Waals surface area contributed by atoms with Crippen molar-refractivity contribution in [2.45, 2.75) is 18.6 Å². The highest BCUT2D eigenvalue weighted by atomic mass is 35.5. The van der Waals surface area contributed by atoms with Crippen molar-refractivity contribution < 1.29 is 13.2 Å². The monoisotopic (exact) mass is 424 g/mol. The molecule has 1 atom stereocenters. The number of piperidine rings is 1. The summed E-state index contributed by atoms with van der Waals surface area (Å²) in [4.78, 5) is 12.2. The van der Waals surface area contributed by atoms with E-state index in [4.69, 9.17) is 23.2 Å². The van der Waals surface area contributed by atoms with Gasteiger partial charge in [-0.05, 0) is 30.5 Å². The number of thioether (sulfide) groups is 1. The number of halogens is 2. The molecule has 1 saturated heterocycles. The van der Waals surface area contributed by atoms with Crippen LogP contribution in [0.3, 0.4) is 0 Å². The number of carbonyl (C=O) groups excluding carboxylic acids is 1. The molecule has 5 nitrogen and oxygen atoms in total. The van der Waals surface area contributed by atoms with Gasteiger partial charge in [-0.1, -0.05) is 29.3 Å². The molecule has 0 unspecified atom stereocenters. The zero-order valence-electron chi connectivity index (χ0n) is 14.0. The van der Waals surface area contributed by atoms with E-state index in [1.807, 2.05) is 12.1 Å². The van der Waals surface area contributed by atoms with E-state index < -0.39 is 10.0 Å². The van der Waals surface area contributed by atoms with Crippen molar-refractivity contribution in [1.29, 1.82) is 0 Å². The molecular weight excluding hydrogens is 403 g/mol. The zero-order chi connectivity index (χ0) is 18.4. The molecular formula is C16H22Cl2N2O3S2. The second kappa shape index (κ2) is 9.46. The molecule has 0 spiro atoms. The fourth-order valence-electron chi connectivity index (χ4n) is 2.67. The number of amides is 1. The molecule has 1 amide bonds. The molecule has 1 aliphatic heterocycles. The lowest BCUT2D eigenvalue weighted by molar-refractivity contribution is -0.125. The minimum atomic E-state index is -3.23. The standard InChI is InChI=1S/C16H22Cl2N2O3S2/c1-25(22,23)20-7-2-3-12(10-20)16(21)19-6-8-24-11-13-4-5-14(17)9-15(13)18/h4-5,9,12H,2-3,6-8,10-11H2,1H3,(H,19,21)/t12-/m0/s1. The highest BCUT2D eigenvalue weighted by Crippen LogP contribution is 2.24. The number of rotatable bonds is 7. The molecule has 140 valence electrons. The predicted octanol–water partition coefficient (Wildman–Crippen LogP) is 3.01. The molecule has 1 N–H and O–H groups in total. The summed E-state index contributed by atoms with van der Waals surface area (Å²) in [6, 6.07) is 5.43. The van der Waals surface area contributed by atoms with E-state index >= 15 is 0 Å². The van der Waals surface area contributed by atoms with Gasteiger partial charge in [-0.2, -0.15) is 11.8 Å². The molecule has 1 aromatic rings. The Morgan fingerprint density at radius 1 is 1.40 bits per heavy atom. The van der Waals surface area contributed by atoms with Crippen LogP contribution >= 0.6 is 35.0 Å². The van der Waals surface area contributed by atoms with Crippen molar-refractivity contribution in [3.63, 3.8) is 0 Å². The van der Waals surface area contributed by atoms with Crippen LogP contribution in [0.1, 0.15) is 18.4 Å². The lowest BCUT2D eigenvalue weighted by atomic mass is 9.99. The normalized spacial score (nSPS) is 18.9. The molecule has 0 radical (unpaired) electrons. The number of benzene rings is 1. The van der Waals surface area contributed by atoms with Gasteiger partial charge in [0.15, 0.2) is 0 Å². The minimum Gasteiger partial charge on any atom is -0.355 e. The van der Waals surface area contributed by atoms with E-state index in [0.29, 0.717) is 23.1 Å². The summed E-state index contributed by atoms with van der Waals surface area (Å²) in [7, 11) is -3.23. The highest BCUT2D eigenvalue weighted by Gasteiger charge is 2.29. The quantitative estimate of drug-likeness (QED) is 0.682. The smallest absolute Gasteiger partial charge is 0.224 e. The maximum Gasteiger partial charge on any atom is 0.224 e. The molecule has 9 heteroatoms. The average molecular weight is 425 g/mol. The Hall–Kier alpha value is -0.470. The summed E-state index contributed by atoms with van der Waals surface area (Å²) < 4.78 is 24.6. The SMILES string of the molecule is CS(=O)(=O)N1CCC[C@H](C(=O)NCCSCc2ccc(Cl)cc2Cl)C1. The second-order valence-electron chi connectivity index (χ2n) is 6.04. The lowest BCUT2D eigenvalue weighted by Gasteiger charge is -2.30. The molecule has 0 aliphatic carbocycles. The first-order valence-corrected chi connectivity index (χ1v) is 11.8.